The van der Waals surface area contributed by atoms with Crippen molar-refractivity contribution in [2.75, 3.05) is 0 Å². The molecule has 0 rings (SSSR count). The van der Waals surface area contributed by atoms with Crippen LogP contribution in [0.3, 0.4) is 0 Å². The minimum Gasteiger partial charge on any atom is -0.350 e. The van der Waals surface area contributed by atoms with Gasteiger partial charge in [-0.2, -0.15) is 26.3 Å². The van der Waals surface area contributed by atoms with Crippen LogP contribution in [0.4, 0.5) is 26.3 Å². The van der Waals surface area contributed by atoms with E-state index in [0.717, 1.165) is 0 Å². The molecule has 0 spiro atoms. The van der Waals surface area contributed by atoms with Gasteiger partial charge in [-0.3, -0.25) is 0 Å². The number of halogens is 6. The molecule has 1 nitrogen and oxygen atoms in total. The molecule has 1 atom stereocenters. The maximum atomic E-state index is 12.9. The topological polar surface area (TPSA) is 20.2 Å². The summed E-state index contributed by atoms with van der Waals surface area (Å²) >= 11 is 0. The molecule has 0 amide bonds. The van der Waals surface area contributed by atoms with E-state index in [4.69, 9.17) is 5.11 Å². The van der Waals surface area contributed by atoms with Crippen molar-refractivity contribution in [2.45, 2.75) is 38.7 Å². The van der Waals surface area contributed by atoms with Gasteiger partial charge in [-0.05, 0) is 0 Å². The second kappa shape index (κ2) is 3.01. The summed E-state index contributed by atoms with van der Waals surface area (Å²) in [6, 6.07) is 0. The van der Waals surface area contributed by atoms with Gasteiger partial charge in [0.15, 0.2) is 0 Å². The predicted octanol–water partition coefficient (Wildman–Crippen LogP) is 2.89. The van der Waals surface area contributed by atoms with Gasteiger partial charge in [0.25, 0.3) is 0 Å². The zero-order chi connectivity index (χ0) is 12.0. The monoisotopic (exact) mass is 224 g/mol. The van der Waals surface area contributed by atoms with Gasteiger partial charge in [0, 0.05) is 5.41 Å². The summed E-state index contributed by atoms with van der Waals surface area (Å²) in [6.45, 7) is 2.09. The number of alkyl halides is 6. The molecule has 1 unspecified atom stereocenters. The maximum Gasteiger partial charge on any atom is 0.454 e. The SMILES string of the molecule is CC(C)(C)C(F)(F)C(O)(F)C(F)(F)F. The number of hydrogen-bond acceptors (Lipinski definition) is 1. The van der Waals surface area contributed by atoms with Crippen molar-refractivity contribution in [3.63, 3.8) is 0 Å². The van der Waals surface area contributed by atoms with Gasteiger partial charge in [-0.25, -0.2) is 0 Å². The molecular formula is C7H10F6O. The molecule has 0 saturated carbocycles. The van der Waals surface area contributed by atoms with Gasteiger partial charge in [0.05, 0.1) is 0 Å². The summed E-state index contributed by atoms with van der Waals surface area (Å²) in [6.07, 6.45) is -6.02. The average molecular weight is 224 g/mol. The third-order valence-corrected chi connectivity index (χ3v) is 1.73. The van der Waals surface area contributed by atoms with Gasteiger partial charge in [-0.15, -0.1) is 0 Å². The molecule has 1 N–H and O–H groups in total. The fourth-order valence-corrected chi connectivity index (χ4v) is 0.675. The highest BCUT2D eigenvalue weighted by Gasteiger charge is 2.74. The second-order valence-corrected chi connectivity index (χ2v) is 3.94. The van der Waals surface area contributed by atoms with E-state index < -0.39 is 23.4 Å². The van der Waals surface area contributed by atoms with Crippen LogP contribution >= 0.6 is 0 Å². The van der Waals surface area contributed by atoms with Gasteiger partial charge in [0.1, 0.15) is 0 Å². The average Bonchev–Trinajstić information content (AvgIpc) is 1.81. The van der Waals surface area contributed by atoms with E-state index in [1.807, 2.05) is 0 Å². The first-order valence-electron chi connectivity index (χ1n) is 3.61. The summed E-state index contributed by atoms with van der Waals surface area (Å²) in [5, 5.41) is 8.17. The molecule has 0 aliphatic rings. The molecule has 14 heavy (non-hydrogen) atoms. The van der Waals surface area contributed by atoms with Gasteiger partial charge >= 0.3 is 18.0 Å². The third-order valence-electron chi connectivity index (χ3n) is 1.73. The molecule has 0 saturated heterocycles. The van der Waals surface area contributed by atoms with Gasteiger partial charge < -0.3 is 5.11 Å². The fourth-order valence-electron chi connectivity index (χ4n) is 0.675. The predicted molar refractivity (Wildman–Crippen MR) is 36.5 cm³/mol. The molecule has 0 fully saturated rings. The molecule has 0 aliphatic carbocycles. The Balaban J connectivity index is 5.30. The lowest BCUT2D eigenvalue weighted by atomic mass is 9.83. The Kier molecular flexibility index (Phi) is 2.91. The number of aliphatic hydroxyl groups is 1. The quantitative estimate of drug-likeness (QED) is 0.679. The Labute approximate surface area is 76.7 Å². The summed E-state index contributed by atoms with van der Waals surface area (Å²) in [5.41, 5.74) is -2.34. The van der Waals surface area contributed by atoms with Crippen LogP contribution in [0.5, 0.6) is 0 Å². The maximum absolute atomic E-state index is 12.9. The molecule has 7 heteroatoms. The molecule has 0 radical (unpaired) electrons. The standard InChI is InChI=1S/C7H10F6O/c1-4(2,3)5(8,9)6(10,14)7(11,12)13/h14H,1-3H3. The van der Waals surface area contributed by atoms with Crippen molar-refractivity contribution >= 4 is 0 Å². The molecular weight excluding hydrogens is 214 g/mol. The Morgan fingerprint density at radius 1 is 0.786 bits per heavy atom. The van der Waals surface area contributed by atoms with Crippen LogP contribution in [0.2, 0.25) is 0 Å². The van der Waals surface area contributed by atoms with E-state index in [2.05, 4.69) is 0 Å². The summed E-state index contributed by atoms with van der Waals surface area (Å²) < 4.78 is 73.5. The molecule has 0 aliphatic heterocycles. The Bertz CT molecular complexity index is 187. The van der Waals surface area contributed by atoms with Crippen molar-refractivity contribution in [3.05, 3.63) is 0 Å². The smallest absolute Gasteiger partial charge is 0.350 e. The molecule has 0 aromatic rings. The van der Waals surface area contributed by atoms with E-state index in [9.17, 15) is 26.3 Å². The van der Waals surface area contributed by atoms with Crippen LogP contribution in [0.15, 0.2) is 0 Å². The van der Waals surface area contributed by atoms with Crippen molar-refractivity contribution in [2.24, 2.45) is 5.41 Å². The van der Waals surface area contributed by atoms with Gasteiger partial charge in [-0.1, -0.05) is 20.8 Å². The van der Waals surface area contributed by atoms with Crippen LogP contribution < -0.4 is 0 Å². The molecule has 0 bridgehead atoms. The minimum atomic E-state index is -6.02. The first kappa shape index (κ1) is 13.5. The molecule has 86 valence electrons. The number of hydrogen-bond donors (Lipinski definition) is 1. The lowest BCUT2D eigenvalue weighted by molar-refractivity contribution is -0.404. The van der Waals surface area contributed by atoms with Crippen molar-refractivity contribution in [3.8, 4) is 0 Å². The van der Waals surface area contributed by atoms with Crippen LogP contribution in [-0.4, -0.2) is 23.1 Å². The fraction of sp³-hybridized carbons (Fsp3) is 1.00. The molecule has 0 heterocycles. The summed E-state index contributed by atoms with van der Waals surface area (Å²) in [4.78, 5) is 0. The third kappa shape index (κ3) is 1.82. The van der Waals surface area contributed by atoms with E-state index in [1.54, 1.807) is 0 Å². The zero-order valence-corrected chi connectivity index (χ0v) is 7.72. The van der Waals surface area contributed by atoms with Crippen LogP contribution in [0.1, 0.15) is 20.8 Å². The van der Waals surface area contributed by atoms with Crippen LogP contribution in [0, 0.1) is 5.41 Å². The van der Waals surface area contributed by atoms with Crippen LogP contribution in [-0.2, 0) is 0 Å². The molecule has 0 aromatic carbocycles. The first-order chi connectivity index (χ1) is 5.75. The van der Waals surface area contributed by atoms with E-state index in [1.165, 1.54) is 0 Å². The Morgan fingerprint density at radius 3 is 1.14 bits per heavy atom. The highest BCUT2D eigenvalue weighted by molar-refractivity contribution is 4.97. The van der Waals surface area contributed by atoms with Crippen LogP contribution in [0.25, 0.3) is 0 Å². The van der Waals surface area contributed by atoms with Crippen molar-refractivity contribution in [1.29, 1.82) is 0 Å². The Morgan fingerprint density at radius 2 is 1.07 bits per heavy atom. The molecule has 0 aromatic heterocycles. The van der Waals surface area contributed by atoms with E-state index in [-0.39, 0.29) is 0 Å². The lowest BCUT2D eigenvalue weighted by Crippen LogP contribution is -2.60. The van der Waals surface area contributed by atoms with Gasteiger partial charge in [0.2, 0.25) is 0 Å². The highest BCUT2D eigenvalue weighted by atomic mass is 19.4. The van der Waals surface area contributed by atoms with Crippen molar-refractivity contribution in [1.82, 2.24) is 0 Å². The van der Waals surface area contributed by atoms with E-state index >= 15 is 0 Å². The normalized spacial score (nSPS) is 19.3. The summed E-state index contributed by atoms with van der Waals surface area (Å²) in [5.74, 6) is -10.4. The van der Waals surface area contributed by atoms with Crippen molar-refractivity contribution < 1.29 is 31.4 Å². The summed E-state index contributed by atoms with van der Waals surface area (Å²) in [7, 11) is 0. The second-order valence-electron chi connectivity index (χ2n) is 3.94. The zero-order valence-electron chi connectivity index (χ0n) is 7.72. The highest BCUT2D eigenvalue weighted by Crippen LogP contribution is 2.51. The Hall–Kier alpha value is -0.460. The number of rotatable bonds is 1. The largest absolute Gasteiger partial charge is 0.454 e. The lowest BCUT2D eigenvalue weighted by Gasteiger charge is -2.38. The van der Waals surface area contributed by atoms with E-state index in [0.29, 0.717) is 20.8 Å². The minimum absolute atomic E-state index is 0.698. The first-order valence-corrected chi connectivity index (χ1v) is 3.61.